The van der Waals surface area contributed by atoms with Crippen molar-refractivity contribution in [2.75, 3.05) is 6.61 Å². The molecule has 0 aliphatic carbocycles. The topological polar surface area (TPSA) is 90.9 Å². The van der Waals surface area contributed by atoms with Crippen molar-refractivity contribution in [3.63, 3.8) is 0 Å². The molecule has 0 aromatic carbocycles. The summed E-state index contributed by atoms with van der Waals surface area (Å²) in [6.07, 6.45) is 3.33. The Labute approximate surface area is 103 Å². The highest BCUT2D eigenvalue weighted by Crippen LogP contribution is 1.73. The number of hydrogen-bond acceptors (Lipinski definition) is 4. The highest BCUT2D eigenvalue weighted by molar-refractivity contribution is 5.65. The number of aliphatic hydroxyl groups excluding tert-OH is 1. The summed E-state index contributed by atoms with van der Waals surface area (Å²) in [5, 5.41) is 8.06. The Hall–Kier alpha value is -1.46. The van der Waals surface area contributed by atoms with Gasteiger partial charge in [-0.25, -0.2) is 0 Å². The van der Waals surface area contributed by atoms with Gasteiger partial charge in [-0.05, 0) is 32.9 Å². The van der Waals surface area contributed by atoms with E-state index in [0.717, 1.165) is 0 Å². The zero-order valence-electron chi connectivity index (χ0n) is 10.9. The molecule has 1 aromatic rings. The number of ether oxygens (including phenoxy) is 1. The summed E-state index contributed by atoms with van der Waals surface area (Å²) in [4.78, 5) is 13.6. The van der Waals surface area contributed by atoms with Crippen LogP contribution in [0.4, 0.5) is 0 Å². The molecule has 0 amide bonds. The molecule has 1 rings (SSSR count). The second kappa shape index (κ2) is 17.0. The molecule has 3 N–H and O–H groups in total. The van der Waals surface area contributed by atoms with Crippen LogP contribution >= 0.6 is 0 Å². The number of pyridine rings is 1. The summed E-state index contributed by atoms with van der Waals surface area (Å²) in [5.41, 5.74) is 0. The number of esters is 1. The fourth-order valence-corrected chi connectivity index (χ4v) is 0.516. The standard InChI is InChI=1S/C5H5N.C4H8O2.C3H8O.H2O/c1-2-4-6-5-3-1;1-3-6-4(2)5;1-3(2)4;/h1-5H;3H2,1-2H3;3-4H,1-2H3;1H2. The van der Waals surface area contributed by atoms with Crippen LogP contribution in [-0.2, 0) is 9.53 Å². The average Bonchev–Trinajstić information content (AvgIpc) is 2.20. The van der Waals surface area contributed by atoms with Crippen LogP contribution in [0.25, 0.3) is 0 Å². The minimum atomic E-state index is -0.211. The molecule has 5 nitrogen and oxygen atoms in total. The summed E-state index contributed by atoms with van der Waals surface area (Å²) in [7, 11) is 0. The fraction of sp³-hybridized carbons (Fsp3) is 0.500. The first-order valence-corrected chi connectivity index (χ1v) is 5.17. The van der Waals surface area contributed by atoms with Gasteiger partial charge in [0.2, 0.25) is 0 Å². The molecule has 0 aliphatic heterocycles. The van der Waals surface area contributed by atoms with Gasteiger partial charge in [-0.3, -0.25) is 9.78 Å². The van der Waals surface area contributed by atoms with E-state index < -0.39 is 0 Å². The lowest BCUT2D eigenvalue weighted by Crippen LogP contribution is -1.95. The monoisotopic (exact) mass is 245 g/mol. The Balaban J connectivity index is -0.000000172. The third-order valence-corrected chi connectivity index (χ3v) is 0.914. The predicted octanol–water partition coefficient (Wildman–Crippen LogP) is 1.21. The van der Waals surface area contributed by atoms with Crippen LogP contribution in [0.3, 0.4) is 0 Å². The van der Waals surface area contributed by atoms with E-state index in [4.69, 9.17) is 5.11 Å². The van der Waals surface area contributed by atoms with Gasteiger partial charge in [0.1, 0.15) is 0 Å². The average molecular weight is 245 g/mol. The number of carbonyl (C=O) groups is 1. The van der Waals surface area contributed by atoms with Gasteiger partial charge in [-0.15, -0.1) is 0 Å². The first-order chi connectivity index (χ1) is 7.50. The van der Waals surface area contributed by atoms with Gasteiger partial charge < -0.3 is 15.3 Å². The Bertz CT molecular complexity index is 210. The minimum Gasteiger partial charge on any atom is -0.466 e. The normalized spacial score (nSPS) is 7.65. The summed E-state index contributed by atoms with van der Waals surface area (Å²) in [6.45, 7) is 7.10. The van der Waals surface area contributed by atoms with E-state index in [1.165, 1.54) is 6.92 Å². The van der Waals surface area contributed by atoms with Crippen LogP contribution in [-0.4, -0.2) is 34.2 Å². The van der Waals surface area contributed by atoms with Crippen molar-refractivity contribution in [3.05, 3.63) is 30.6 Å². The van der Waals surface area contributed by atoms with Crippen LogP contribution in [0.2, 0.25) is 0 Å². The van der Waals surface area contributed by atoms with E-state index in [-0.39, 0.29) is 17.5 Å². The zero-order chi connectivity index (χ0) is 12.8. The van der Waals surface area contributed by atoms with Crippen molar-refractivity contribution in [3.8, 4) is 0 Å². The Morgan fingerprint density at radius 3 is 1.76 bits per heavy atom. The van der Waals surface area contributed by atoms with E-state index in [0.29, 0.717) is 6.61 Å². The molecule has 0 aliphatic rings. The molecule has 0 radical (unpaired) electrons. The molecule has 100 valence electrons. The number of nitrogens with zero attached hydrogens (tertiary/aromatic N) is 1. The van der Waals surface area contributed by atoms with E-state index in [1.54, 1.807) is 33.2 Å². The van der Waals surface area contributed by atoms with Gasteiger partial charge in [0, 0.05) is 25.4 Å². The molecular formula is C12H23NO4. The lowest BCUT2D eigenvalue weighted by molar-refractivity contribution is -0.140. The molecule has 0 atom stereocenters. The number of hydrogen-bond donors (Lipinski definition) is 1. The van der Waals surface area contributed by atoms with Gasteiger partial charge in [-0.2, -0.15) is 0 Å². The van der Waals surface area contributed by atoms with Crippen molar-refractivity contribution in [1.82, 2.24) is 4.98 Å². The number of rotatable bonds is 1. The van der Waals surface area contributed by atoms with Gasteiger partial charge in [0.05, 0.1) is 6.61 Å². The van der Waals surface area contributed by atoms with Gasteiger partial charge >= 0.3 is 5.97 Å². The third-order valence-electron chi connectivity index (χ3n) is 0.914. The molecule has 0 saturated carbocycles. The molecule has 17 heavy (non-hydrogen) atoms. The third kappa shape index (κ3) is 40.2. The number of carbonyl (C=O) groups excluding carboxylic acids is 1. The summed E-state index contributed by atoms with van der Waals surface area (Å²) < 4.78 is 4.40. The maximum Gasteiger partial charge on any atom is 0.302 e. The van der Waals surface area contributed by atoms with Crippen molar-refractivity contribution in [1.29, 1.82) is 0 Å². The number of aliphatic hydroxyl groups is 1. The smallest absolute Gasteiger partial charge is 0.302 e. The zero-order valence-corrected chi connectivity index (χ0v) is 10.9. The first-order valence-electron chi connectivity index (χ1n) is 5.17. The predicted molar refractivity (Wildman–Crippen MR) is 67.5 cm³/mol. The summed E-state index contributed by atoms with van der Waals surface area (Å²) in [6, 6.07) is 5.72. The quantitative estimate of drug-likeness (QED) is 0.753. The van der Waals surface area contributed by atoms with Gasteiger partial charge in [-0.1, -0.05) is 6.07 Å². The Morgan fingerprint density at radius 1 is 1.29 bits per heavy atom. The fourth-order valence-electron chi connectivity index (χ4n) is 0.516. The first kappa shape index (κ1) is 20.9. The maximum absolute atomic E-state index is 9.82. The van der Waals surface area contributed by atoms with E-state index in [2.05, 4.69) is 9.72 Å². The second-order valence-corrected chi connectivity index (χ2v) is 3.04. The second-order valence-electron chi connectivity index (χ2n) is 3.04. The molecule has 1 heterocycles. The van der Waals surface area contributed by atoms with Crippen molar-refractivity contribution in [2.24, 2.45) is 0 Å². The molecule has 5 heteroatoms. The highest BCUT2D eigenvalue weighted by Gasteiger charge is 1.81. The molecule has 0 bridgehead atoms. The molecule has 0 unspecified atom stereocenters. The van der Waals surface area contributed by atoms with Crippen molar-refractivity contribution < 1.29 is 20.1 Å². The Morgan fingerprint density at radius 2 is 1.71 bits per heavy atom. The SMILES string of the molecule is CC(C)O.CCOC(C)=O.O.c1ccncc1. The van der Waals surface area contributed by atoms with E-state index >= 15 is 0 Å². The van der Waals surface area contributed by atoms with Crippen molar-refractivity contribution in [2.45, 2.75) is 33.8 Å². The van der Waals surface area contributed by atoms with Crippen LogP contribution in [0.5, 0.6) is 0 Å². The maximum atomic E-state index is 9.82. The number of aromatic nitrogens is 1. The Kier molecular flexibility index (Phi) is 20.8. The van der Waals surface area contributed by atoms with Gasteiger partial charge in [0.15, 0.2) is 0 Å². The lowest BCUT2D eigenvalue weighted by Gasteiger charge is -1.89. The van der Waals surface area contributed by atoms with Crippen LogP contribution in [0.1, 0.15) is 27.7 Å². The molecule has 1 aromatic heterocycles. The van der Waals surface area contributed by atoms with Crippen LogP contribution in [0.15, 0.2) is 30.6 Å². The minimum absolute atomic E-state index is 0. The summed E-state index contributed by atoms with van der Waals surface area (Å²) >= 11 is 0. The molecule has 0 fully saturated rings. The van der Waals surface area contributed by atoms with Crippen LogP contribution in [0, 0.1) is 0 Å². The van der Waals surface area contributed by atoms with Crippen molar-refractivity contribution >= 4 is 5.97 Å². The van der Waals surface area contributed by atoms with E-state index in [1.807, 2.05) is 18.2 Å². The molecule has 0 spiro atoms. The largest absolute Gasteiger partial charge is 0.466 e. The lowest BCUT2D eigenvalue weighted by atomic mass is 10.5. The van der Waals surface area contributed by atoms with E-state index in [9.17, 15) is 4.79 Å². The molecular weight excluding hydrogens is 222 g/mol. The highest BCUT2D eigenvalue weighted by atomic mass is 16.5. The van der Waals surface area contributed by atoms with Crippen LogP contribution < -0.4 is 0 Å². The van der Waals surface area contributed by atoms with Gasteiger partial charge in [0.25, 0.3) is 0 Å². The summed E-state index contributed by atoms with van der Waals surface area (Å²) in [5.74, 6) is -0.211. The molecule has 0 saturated heterocycles.